The first-order chi connectivity index (χ1) is 9.13. The lowest BCUT2D eigenvalue weighted by molar-refractivity contribution is 0.0992. The Labute approximate surface area is 115 Å². The molecule has 4 heteroatoms. The first-order valence-corrected chi connectivity index (χ1v) is 6.10. The Morgan fingerprint density at radius 3 is 2.68 bits per heavy atom. The highest BCUT2D eigenvalue weighted by molar-refractivity contribution is 6.34. The highest BCUT2D eigenvalue weighted by atomic mass is 35.5. The molecule has 98 valence electrons. The third-order valence-corrected chi connectivity index (χ3v) is 3.18. The van der Waals surface area contributed by atoms with Gasteiger partial charge in [-0.1, -0.05) is 35.9 Å². The molecule has 19 heavy (non-hydrogen) atoms. The van der Waals surface area contributed by atoms with E-state index in [-0.39, 0.29) is 22.8 Å². The van der Waals surface area contributed by atoms with E-state index in [0.29, 0.717) is 5.75 Å². The fraction of sp³-hybridized carbons (Fsp3) is 0.133. The van der Waals surface area contributed by atoms with Gasteiger partial charge < -0.3 is 4.74 Å². The van der Waals surface area contributed by atoms with Gasteiger partial charge in [0.15, 0.2) is 5.78 Å². The molecule has 0 aliphatic heterocycles. The van der Waals surface area contributed by atoms with Crippen molar-refractivity contribution in [3.8, 4) is 5.75 Å². The van der Waals surface area contributed by atoms with Crippen LogP contribution in [0.3, 0.4) is 0 Å². The first-order valence-electron chi connectivity index (χ1n) is 5.72. The number of hydrogen-bond acceptors (Lipinski definition) is 2. The Balaban J connectivity index is 2.28. The van der Waals surface area contributed by atoms with E-state index in [4.69, 9.17) is 16.3 Å². The number of benzene rings is 2. The van der Waals surface area contributed by atoms with Crippen LogP contribution in [0.25, 0.3) is 0 Å². The average molecular weight is 279 g/mol. The predicted molar refractivity (Wildman–Crippen MR) is 72.4 cm³/mol. The Hall–Kier alpha value is -1.87. The molecular weight excluding hydrogens is 267 g/mol. The number of rotatable bonds is 4. The number of ether oxygens (including phenoxy) is 1. The van der Waals surface area contributed by atoms with Crippen molar-refractivity contribution in [1.29, 1.82) is 0 Å². The van der Waals surface area contributed by atoms with Crippen LogP contribution in [-0.4, -0.2) is 12.9 Å². The van der Waals surface area contributed by atoms with E-state index in [9.17, 15) is 9.18 Å². The largest absolute Gasteiger partial charge is 0.496 e. The average Bonchev–Trinajstić information content (AvgIpc) is 2.42. The van der Waals surface area contributed by atoms with Gasteiger partial charge in [-0.15, -0.1) is 0 Å². The second-order valence-corrected chi connectivity index (χ2v) is 4.39. The van der Waals surface area contributed by atoms with Gasteiger partial charge in [0.2, 0.25) is 0 Å². The van der Waals surface area contributed by atoms with E-state index in [0.717, 1.165) is 5.56 Å². The van der Waals surface area contributed by atoms with Crippen molar-refractivity contribution in [2.24, 2.45) is 0 Å². The fourth-order valence-corrected chi connectivity index (χ4v) is 2.07. The van der Waals surface area contributed by atoms with Crippen molar-refractivity contribution in [1.82, 2.24) is 0 Å². The molecule has 0 fully saturated rings. The predicted octanol–water partition coefficient (Wildman–Crippen LogP) is 3.91. The van der Waals surface area contributed by atoms with Crippen molar-refractivity contribution in [2.45, 2.75) is 6.42 Å². The summed E-state index contributed by atoms with van der Waals surface area (Å²) in [6.07, 6.45) is 0.118. The van der Waals surface area contributed by atoms with Gasteiger partial charge in [-0.3, -0.25) is 4.79 Å². The molecule has 0 aliphatic carbocycles. The number of carbonyl (C=O) groups excluding carboxylic acids is 1. The molecule has 2 aromatic carbocycles. The minimum Gasteiger partial charge on any atom is -0.496 e. The lowest BCUT2D eigenvalue weighted by atomic mass is 10.0. The van der Waals surface area contributed by atoms with Gasteiger partial charge in [0.05, 0.1) is 12.1 Å². The van der Waals surface area contributed by atoms with E-state index < -0.39 is 5.82 Å². The van der Waals surface area contributed by atoms with Gasteiger partial charge in [0, 0.05) is 17.5 Å². The van der Waals surface area contributed by atoms with Crippen LogP contribution in [0.1, 0.15) is 15.9 Å². The fourth-order valence-electron chi connectivity index (χ4n) is 1.84. The summed E-state index contributed by atoms with van der Waals surface area (Å²) in [4.78, 5) is 12.1. The highest BCUT2D eigenvalue weighted by Crippen LogP contribution is 2.24. The molecule has 2 aromatic rings. The number of ketones is 1. The highest BCUT2D eigenvalue weighted by Gasteiger charge is 2.15. The molecule has 0 saturated heterocycles. The maximum atomic E-state index is 13.3. The topological polar surface area (TPSA) is 26.3 Å². The smallest absolute Gasteiger partial charge is 0.168 e. The first kappa shape index (κ1) is 13.6. The van der Waals surface area contributed by atoms with E-state index in [1.54, 1.807) is 19.2 Å². The molecule has 0 radical (unpaired) electrons. The number of halogens is 2. The van der Waals surface area contributed by atoms with Crippen molar-refractivity contribution in [2.75, 3.05) is 7.11 Å². The molecule has 0 bridgehead atoms. The monoisotopic (exact) mass is 278 g/mol. The van der Waals surface area contributed by atoms with Crippen LogP contribution < -0.4 is 4.74 Å². The van der Waals surface area contributed by atoms with Crippen LogP contribution in [-0.2, 0) is 6.42 Å². The summed E-state index contributed by atoms with van der Waals surface area (Å²) >= 11 is 5.80. The Bertz CT molecular complexity index is 611. The molecule has 0 amide bonds. The summed E-state index contributed by atoms with van der Waals surface area (Å²) in [5.74, 6) is -0.204. The maximum absolute atomic E-state index is 13.3. The summed E-state index contributed by atoms with van der Waals surface area (Å²) in [6.45, 7) is 0. The van der Waals surface area contributed by atoms with Crippen LogP contribution in [0.15, 0.2) is 42.5 Å². The number of methoxy groups -OCH3 is 1. The zero-order valence-electron chi connectivity index (χ0n) is 10.3. The second-order valence-electron chi connectivity index (χ2n) is 4.01. The van der Waals surface area contributed by atoms with E-state index in [1.165, 1.54) is 18.2 Å². The van der Waals surface area contributed by atoms with Gasteiger partial charge in [-0.25, -0.2) is 4.39 Å². The van der Waals surface area contributed by atoms with Gasteiger partial charge in [0.1, 0.15) is 11.6 Å². The summed E-state index contributed by atoms with van der Waals surface area (Å²) in [5.41, 5.74) is 0.933. The Kier molecular flexibility index (Phi) is 4.17. The molecule has 2 rings (SSSR count). The van der Waals surface area contributed by atoms with Gasteiger partial charge in [-0.2, -0.15) is 0 Å². The Morgan fingerprint density at radius 2 is 1.95 bits per heavy atom. The molecule has 0 aliphatic rings. The van der Waals surface area contributed by atoms with Gasteiger partial charge in [0.25, 0.3) is 0 Å². The van der Waals surface area contributed by atoms with Crippen LogP contribution in [0.2, 0.25) is 5.02 Å². The summed E-state index contributed by atoms with van der Waals surface area (Å²) < 4.78 is 18.5. The third kappa shape index (κ3) is 2.93. The second kappa shape index (κ2) is 5.85. The van der Waals surface area contributed by atoms with Crippen LogP contribution in [0.5, 0.6) is 5.75 Å². The molecule has 0 atom stereocenters. The molecule has 0 spiro atoms. The Morgan fingerprint density at radius 1 is 1.21 bits per heavy atom. The lowest BCUT2D eigenvalue weighted by Gasteiger charge is -2.08. The summed E-state index contributed by atoms with van der Waals surface area (Å²) in [7, 11) is 1.54. The zero-order valence-corrected chi connectivity index (χ0v) is 11.1. The molecule has 0 unspecified atom stereocenters. The minimum absolute atomic E-state index is 0.118. The third-order valence-electron chi connectivity index (χ3n) is 2.80. The van der Waals surface area contributed by atoms with Gasteiger partial charge in [-0.05, 0) is 18.2 Å². The molecular formula is C15H12ClFO2. The number of carbonyl (C=O) groups is 1. The van der Waals surface area contributed by atoms with E-state index in [1.807, 2.05) is 12.1 Å². The van der Waals surface area contributed by atoms with Gasteiger partial charge >= 0.3 is 0 Å². The summed E-state index contributed by atoms with van der Waals surface area (Å²) in [6, 6.07) is 11.4. The molecule has 0 heterocycles. The van der Waals surface area contributed by atoms with E-state index >= 15 is 0 Å². The molecule has 0 N–H and O–H groups in total. The van der Waals surface area contributed by atoms with Crippen molar-refractivity contribution in [3.63, 3.8) is 0 Å². The molecule has 0 aromatic heterocycles. The lowest BCUT2D eigenvalue weighted by Crippen LogP contribution is -2.06. The quantitative estimate of drug-likeness (QED) is 0.793. The SMILES string of the molecule is COc1ccccc1CC(=O)c1cccc(F)c1Cl. The normalized spacial score (nSPS) is 10.3. The standard InChI is InChI=1S/C15H12ClFO2/c1-19-14-8-3-2-5-10(14)9-13(18)11-6-4-7-12(17)15(11)16/h2-8H,9H2,1H3. The van der Waals surface area contributed by atoms with Crippen LogP contribution in [0.4, 0.5) is 4.39 Å². The maximum Gasteiger partial charge on any atom is 0.168 e. The van der Waals surface area contributed by atoms with Crippen molar-refractivity contribution in [3.05, 3.63) is 64.4 Å². The zero-order chi connectivity index (χ0) is 13.8. The summed E-state index contributed by atoms with van der Waals surface area (Å²) in [5, 5.41) is -0.137. The van der Waals surface area contributed by atoms with Crippen molar-refractivity contribution >= 4 is 17.4 Å². The van der Waals surface area contributed by atoms with Crippen LogP contribution in [0, 0.1) is 5.82 Å². The van der Waals surface area contributed by atoms with Crippen molar-refractivity contribution < 1.29 is 13.9 Å². The minimum atomic E-state index is -0.590. The number of hydrogen-bond donors (Lipinski definition) is 0. The number of Topliss-reactive ketones (excluding diaryl/α,β-unsaturated/α-hetero) is 1. The van der Waals surface area contributed by atoms with E-state index in [2.05, 4.69) is 0 Å². The molecule has 0 saturated carbocycles. The van der Waals surface area contributed by atoms with Crippen LogP contribution >= 0.6 is 11.6 Å². The molecule has 2 nitrogen and oxygen atoms in total. The number of para-hydroxylation sites is 1.